The molecule has 0 bridgehead atoms. The van der Waals surface area contributed by atoms with Crippen LogP contribution in [0.5, 0.6) is 5.75 Å². The van der Waals surface area contributed by atoms with Crippen molar-refractivity contribution in [2.45, 2.75) is 66.7 Å². The van der Waals surface area contributed by atoms with Crippen LogP contribution in [0.15, 0.2) is 41.3 Å². The fourth-order valence-electron chi connectivity index (χ4n) is 2.80. The molecule has 3 nitrogen and oxygen atoms in total. The van der Waals surface area contributed by atoms with Gasteiger partial charge in [-0.25, -0.2) is 8.42 Å². The van der Waals surface area contributed by atoms with Gasteiger partial charge in [0.15, 0.2) is 9.84 Å². The molecule has 0 aliphatic heterocycles. The molecule has 2 aromatic rings. The van der Waals surface area contributed by atoms with Crippen LogP contribution in [0.2, 0.25) is 5.02 Å². The van der Waals surface area contributed by atoms with E-state index in [1.165, 1.54) is 16.7 Å². The Morgan fingerprint density at radius 3 is 1.93 bits per heavy atom. The normalized spacial score (nSPS) is 10.1. The lowest BCUT2D eigenvalue weighted by Crippen LogP contribution is -2.00. The Kier molecular flexibility index (Phi) is 16.2. The summed E-state index contributed by atoms with van der Waals surface area (Å²) in [6.07, 6.45) is 6.38. The lowest BCUT2D eigenvalue weighted by molar-refractivity contribution is 0.410. The number of rotatable bonds is 4. The maximum Gasteiger partial charge on any atom is 0.177 e. The van der Waals surface area contributed by atoms with Gasteiger partial charge in [-0.3, -0.25) is 0 Å². The lowest BCUT2D eigenvalue weighted by atomic mass is 9.98. The van der Waals surface area contributed by atoms with Crippen LogP contribution in [-0.2, 0) is 16.3 Å². The summed E-state index contributed by atoms with van der Waals surface area (Å²) in [7, 11) is -1.47. The van der Waals surface area contributed by atoms with E-state index < -0.39 is 9.84 Å². The van der Waals surface area contributed by atoms with Gasteiger partial charge in [-0.2, -0.15) is 0 Å². The second kappa shape index (κ2) is 16.0. The maximum atomic E-state index is 11.2. The minimum Gasteiger partial charge on any atom is -0.496 e. The molecule has 0 aliphatic rings. The Hall–Kier alpha value is -1.78. The summed E-state index contributed by atoms with van der Waals surface area (Å²) in [4.78, 5) is 0.228. The molecule has 0 saturated heterocycles. The van der Waals surface area contributed by atoms with Crippen LogP contribution in [0, 0.1) is 13.8 Å². The summed E-state index contributed by atoms with van der Waals surface area (Å²) in [5.74, 6) is 0.992. The van der Waals surface area contributed by atoms with Crippen molar-refractivity contribution in [1.29, 1.82) is 0 Å². The average Bonchev–Trinajstić information content (AvgIpc) is 2.72. The Morgan fingerprint density at radius 1 is 1.00 bits per heavy atom. The summed E-state index contributed by atoms with van der Waals surface area (Å²) in [6, 6.07) is 9.17. The van der Waals surface area contributed by atoms with E-state index in [0.29, 0.717) is 5.56 Å². The van der Waals surface area contributed by atoms with E-state index in [4.69, 9.17) is 16.3 Å². The van der Waals surface area contributed by atoms with E-state index in [9.17, 15) is 8.42 Å². The van der Waals surface area contributed by atoms with Gasteiger partial charge in [0.25, 0.3) is 0 Å². The maximum absolute atomic E-state index is 11.2. The molecular weight excluding hydrogens is 416 g/mol. The average molecular weight is 455 g/mol. The lowest BCUT2D eigenvalue weighted by Gasteiger charge is -2.12. The second-order valence-corrected chi connectivity index (χ2v) is 8.35. The number of allylic oxidation sites excluding steroid dienone is 1. The first kappa shape index (κ1) is 30.4. The van der Waals surface area contributed by atoms with E-state index >= 15 is 0 Å². The molecule has 0 amide bonds. The zero-order chi connectivity index (χ0) is 23.9. The van der Waals surface area contributed by atoms with Gasteiger partial charge in [-0.15, -0.1) is 0 Å². The molecule has 0 N–H and O–H groups in total. The molecule has 0 aliphatic carbocycles. The Balaban J connectivity index is 0. The molecule has 0 aromatic heterocycles. The quantitative estimate of drug-likeness (QED) is 0.475. The largest absolute Gasteiger partial charge is 0.496 e. The van der Waals surface area contributed by atoms with Crippen LogP contribution in [0.3, 0.4) is 0 Å². The van der Waals surface area contributed by atoms with Gasteiger partial charge < -0.3 is 4.74 Å². The highest BCUT2D eigenvalue weighted by Gasteiger charge is 2.14. The van der Waals surface area contributed by atoms with Gasteiger partial charge in [-0.1, -0.05) is 76.6 Å². The van der Waals surface area contributed by atoms with Gasteiger partial charge in [0.05, 0.1) is 17.0 Å². The zero-order valence-electron chi connectivity index (χ0n) is 20.3. The van der Waals surface area contributed by atoms with E-state index in [1.807, 2.05) is 40.7 Å². The molecule has 30 heavy (non-hydrogen) atoms. The highest BCUT2D eigenvalue weighted by molar-refractivity contribution is 7.90. The van der Waals surface area contributed by atoms with Gasteiger partial charge in [0, 0.05) is 11.8 Å². The molecule has 2 aromatic carbocycles. The van der Waals surface area contributed by atoms with Crippen molar-refractivity contribution >= 4 is 27.5 Å². The van der Waals surface area contributed by atoms with Crippen LogP contribution in [0.1, 0.15) is 63.8 Å². The number of ether oxygens (including phenoxy) is 1. The van der Waals surface area contributed by atoms with Gasteiger partial charge >= 0.3 is 0 Å². The number of methoxy groups -OCH3 is 1. The van der Waals surface area contributed by atoms with Crippen molar-refractivity contribution < 1.29 is 13.2 Å². The third-order valence-corrected chi connectivity index (χ3v) is 5.68. The van der Waals surface area contributed by atoms with E-state index in [1.54, 1.807) is 32.2 Å². The molecule has 0 radical (unpaired) electrons. The first-order valence-corrected chi connectivity index (χ1v) is 12.7. The number of benzene rings is 2. The summed E-state index contributed by atoms with van der Waals surface area (Å²) >= 11 is 5.73. The predicted octanol–water partition coefficient (Wildman–Crippen LogP) is 7.70. The fourth-order valence-corrected chi connectivity index (χ4v) is 4.52. The standard InChI is InChI=1S/C13H18O.C8H9ClO2S.2C2H6/c1-5-7-12-10(3)8-9-13(14-4)11(12)6-2;1-6-4-3-5-7(9)8(6)12(2,10)11;2*1-2/h5,7-9H,6H2,1-4H3;3-5H,1-2H3;2*1-2H3/b7-5-;;;. The van der Waals surface area contributed by atoms with Crippen molar-refractivity contribution in [2.24, 2.45) is 0 Å². The Morgan fingerprint density at radius 2 is 1.57 bits per heavy atom. The SMILES string of the molecule is C/C=C\c1c(C)ccc(OC)c1CC.CC.CC.Cc1cccc(Cl)c1S(C)(=O)=O. The first-order valence-electron chi connectivity index (χ1n) is 10.4. The fraction of sp³-hybridized carbons (Fsp3) is 0.440. The Bertz CT molecular complexity index is 865. The molecule has 5 heteroatoms. The summed E-state index contributed by atoms with van der Waals surface area (Å²) in [6.45, 7) is 16.1. The molecule has 0 atom stereocenters. The molecule has 0 heterocycles. The zero-order valence-corrected chi connectivity index (χ0v) is 21.8. The summed E-state index contributed by atoms with van der Waals surface area (Å²) in [5, 5.41) is 0.289. The molecule has 0 unspecified atom stereocenters. The van der Waals surface area contributed by atoms with Crippen molar-refractivity contribution in [3.05, 3.63) is 63.7 Å². The number of hydrogen-bond donors (Lipinski definition) is 0. The minimum absolute atomic E-state index is 0.228. The van der Waals surface area contributed by atoms with Gasteiger partial charge in [0.2, 0.25) is 0 Å². The highest BCUT2D eigenvalue weighted by Crippen LogP contribution is 2.27. The van der Waals surface area contributed by atoms with E-state index in [0.717, 1.165) is 18.4 Å². The molecular formula is C25H39ClO3S. The third-order valence-electron chi connectivity index (χ3n) is 3.97. The van der Waals surface area contributed by atoms with Crippen molar-refractivity contribution in [1.82, 2.24) is 0 Å². The molecule has 2 rings (SSSR count). The van der Waals surface area contributed by atoms with Crippen LogP contribution in [-0.4, -0.2) is 21.8 Å². The summed E-state index contributed by atoms with van der Waals surface area (Å²) < 4.78 is 27.7. The number of hydrogen-bond acceptors (Lipinski definition) is 3. The van der Waals surface area contributed by atoms with Crippen molar-refractivity contribution in [3.63, 3.8) is 0 Å². The number of halogens is 1. The smallest absolute Gasteiger partial charge is 0.177 e. The predicted molar refractivity (Wildman–Crippen MR) is 134 cm³/mol. The Labute approximate surface area is 190 Å². The molecule has 0 spiro atoms. The van der Waals surface area contributed by atoms with E-state index in [2.05, 4.69) is 32.1 Å². The van der Waals surface area contributed by atoms with Crippen molar-refractivity contribution in [2.75, 3.05) is 13.4 Å². The van der Waals surface area contributed by atoms with E-state index in [-0.39, 0.29) is 9.92 Å². The summed E-state index contributed by atoms with van der Waals surface area (Å²) in [5.41, 5.74) is 4.59. The molecule has 0 fully saturated rings. The molecule has 0 saturated carbocycles. The number of aryl methyl sites for hydroxylation is 2. The van der Waals surface area contributed by atoms with Gasteiger partial charge in [-0.05, 0) is 56.0 Å². The van der Waals surface area contributed by atoms with Crippen LogP contribution < -0.4 is 4.74 Å². The van der Waals surface area contributed by atoms with Crippen LogP contribution in [0.25, 0.3) is 6.08 Å². The monoisotopic (exact) mass is 454 g/mol. The number of sulfone groups is 1. The van der Waals surface area contributed by atoms with Crippen molar-refractivity contribution in [3.8, 4) is 5.75 Å². The van der Waals surface area contributed by atoms with Gasteiger partial charge in [0.1, 0.15) is 5.75 Å². The first-order chi connectivity index (χ1) is 14.2. The topological polar surface area (TPSA) is 43.4 Å². The highest BCUT2D eigenvalue weighted by atomic mass is 35.5. The molecule has 170 valence electrons. The third kappa shape index (κ3) is 9.36. The van der Waals surface area contributed by atoms with Crippen LogP contribution >= 0.6 is 11.6 Å². The minimum atomic E-state index is -3.20. The van der Waals surface area contributed by atoms with Crippen LogP contribution in [0.4, 0.5) is 0 Å². The second-order valence-electron chi connectivity index (χ2n) is 5.99.